The van der Waals surface area contributed by atoms with E-state index in [1.54, 1.807) is 7.11 Å². The number of ether oxygens (including phenoxy) is 2. The van der Waals surface area contributed by atoms with Gasteiger partial charge < -0.3 is 9.47 Å². The molecule has 0 radical (unpaired) electrons. The SMILES string of the molecule is COC(=O)C1(C)CCCC2(C)c3cc(-c4cc5c(cc4C(C)C)CCC4C(C)(COC=O)CCCC54C)c(C(C)C)cc3CCC12. The minimum atomic E-state index is -0.448. The minimum Gasteiger partial charge on any atom is -0.469 e. The molecule has 0 bridgehead atoms. The van der Waals surface area contributed by atoms with Gasteiger partial charge in [-0.1, -0.05) is 85.6 Å². The fourth-order valence-corrected chi connectivity index (χ4v) is 11.5. The van der Waals surface area contributed by atoms with E-state index in [1.165, 1.54) is 50.9 Å². The molecule has 250 valence electrons. The van der Waals surface area contributed by atoms with Crippen LogP contribution in [0, 0.1) is 22.7 Å². The zero-order valence-electron chi connectivity index (χ0n) is 30.1. The second-order valence-electron chi connectivity index (χ2n) is 17.2. The summed E-state index contributed by atoms with van der Waals surface area (Å²) >= 11 is 0. The van der Waals surface area contributed by atoms with E-state index >= 15 is 0 Å². The summed E-state index contributed by atoms with van der Waals surface area (Å²) in [6.45, 7) is 20.0. The Morgan fingerprint density at radius 1 is 0.783 bits per heavy atom. The van der Waals surface area contributed by atoms with E-state index in [0.29, 0.717) is 30.8 Å². The van der Waals surface area contributed by atoms with E-state index in [1.807, 2.05) is 0 Å². The maximum atomic E-state index is 13.3. The molecule has 4 heteroatoms. The molecule has 6 unspecified atom stereocenters. The number of benzene rings is 2. The molecule has 2 aromatic rings. The van der Waals surface area contributed by atoms with Crippen molar-refractivity contribution >= 4 is 12.4 Å². The number of carbonyl (C=O) groups is 2. The summed E-state index contributed by atoms with van der Waals surface area (Å²) < 4.78 is 10.9. The van der Waals surface area contributed by atoms with Gasteiger partial charge in [0.25, 0.3) is 6.47 Å². The van der Waals surface area contributed by atoms with Gasteiger partial charge in [0.2, 0.25) is 0 Å². The Kier molecular flexibility index (Phi) is 8.55. The Labute approximate surface area is 278 Å². The fourth-order valence-electron chi connectivity index (χ4n) is 11.5. The topological polar surface area (TPSA) is 52.6 Å². The number of hydrogen-bond donors (Lipinski definition) is 0. The van der Waals surface area contributed by atoms with Gasteiger partial charge in [-0.2, -0.15) is 0 Å². The smallest absolute Gasteiger partial charge is 0.311 e. The van der Waals surface area contributed by atoms with Gasteiger partial charge in [-0.15, -0.1) is 0 Å². The van der Waals surface area contributed by atoms with Gasteiger partial charge in [0.15, 0.2) is 0 Å². The van der Waals surface area contributed by atoms with Crippen molar-refractivity contribution < 1.29 is 19.1 Å². The third-order valence-electron chi connectivity index (χ3n) is 13.8. The Balaban J connectivity index is 1.54. The van der Waals surface area contributed by atoms with E-state index in [9.17, 15) is 9.59 Å². The standard InChI is InChI=1S/C42H58O4/c1-26(2)30-20-28-12-14-36-39(5,24-46-25-43)16-10-17-40(36,6)34(28)22-32(30)33-23-35-29(21-31(33)27(3)4)13-15-37-41(35,7)18-11-19-42(37,8)38(44)45-9/h20-23,25-27,36-37H,10-19,24H2,1-9H3. The molecule has 0 N–H and O–H groups in total. The number of fused-ring (bicyclic) bond motifs is 6. The largest absolute Gasteiger partial charge is 0.469 e. The van der Waals surface area contributed by atoms with Crippen LogP contribution in [0.15, 0.2) is 24.3 Å². The van der Waals surface area contributed by atoms with Crippen LogP contribution >= 0.6 is 0 Å². The molecule has 2 aromatic carbocycles. The zero-order chi connectivity index (χ0) is 33.2. The lowest BCUT2D eigenvalue weighted by Gasteiger charge is -2.55. The molecule has 0 aromatic heterocycles. The van der Waals surface area contributed by atoms with Crippen molar-refractivity contribution in [3.63, 3.8) is 0 Å². The molecule has 0 amide bonds. The Bertz CT molecular complexity index is 1520. The summed E-state index contributed by atoms with van der Waals surface area (Å²) in [7, 11) is 1.56. The van der Waals surface area contributed by atoms with Gasteiger partial charge in [0.05, 0.1) is 19.1 Å². The van der Waals surface area contributed by atoms with Crippen molar-refractivity contribution in [1.29, 1.82) is 0 Å². The number of esters is 1. The predicted octanol–water partition coefficient (Wildman–Crippen LogP) is 9.97. The molecule has 0 spiro atoms. The monoisotopic (exact) mass is 626 g/mol. The van der Waals surface area contributed by atoms with E-state index < -0.39 is 5.41 Å². The lowest BCUT2D eigenvalue weighted by Crippen LogP contribution is -2.52. The van der Waals surface area contributed by atoms with E-state index in [-0.39, 0.29) is 28.1 Å². The van der Waals surface area contributed by atoms with Gasteiger partial charge >= 0.3 is 5.97 Å². The van der Waals surface area contributed by atoms with Crippen LogP contribution in [-0.2, 0) is 42.7 Å². The summed E-state index contributed by atoms with van der Waals surface area (Å²) in [5.41, 5.74) is 11.2. The molecule has 46 heavy (non-hydrogen) atoms. The Morgan fingerprint density at radius 3 is 1.78 bits per heavy atom. The lowest BCUT2D eigenvalue weighted by atomic mass is 9.49. The number of methoxy groups -OCH3 is 1. The maximum Gasteiger partial charge on any atom is 0.311 e. The summed E-state index contributed by atoms with van der Waals surface area (Å²) in [6.07, 6.45) is 10.8. The molecular formula is C42H58O4. The van der Waals surface area contributed by atoms with E-state index in [4.69, 9.17) is 9.47 Å². The van der Waals surface area contributed by atoms with Crippen LogP contribution in [0.2, 0.25) is 0 Å². The first-order valence-corrected chi connectivity index (χ1v) is 18.2. The third kappa shape index (κ3) is 4.98. The summed E-state index contributed by atoms with van der Waals surface area (Å²) in [5.74, 6) is 1.51. The first-order chi connectivity index (χ1) is 21.7. The average molecular weight is 627 g/mol. The zero-order valence-corrected chi connectivity index (χ0v) is 30.1. The quantitative estimate of drug-likeness (QED) is 0.227. The number of hydrogen-bond acceptors (Lipinski definition) is 4. The van der Waals surface area contributed by atoms with Crippen LogP contribution in [-0.4, -0.2) is 26.2 Å². The van der Waals surface area contributed by atoms with Crippen molar-refractivity contribution in [3.05, 3.63) is 57.6 Å². The van der Waals surface area contributed by atoms with Crippen LogP contribution in [0.5, 0.6) is 0 Å². The van der Waals surface area contributed by atoms with E-state index in [0.717, 1.165) is 57.8 Å². The van der Waals surface area contributed by atoms with Crippen molar-refractivity contribution in [1.82, 2.24) is 0 Å². The Hall–Kier alpha value is -2.62. The Morgan fingerprint density at radius 2 is 1.28 bits per heavy atom. The van der Waals surface area contributed by atoms with Crippen LogP contribution in [0.3, 0.4) is 0 Å². The number of rotatable bonds is 7. The summed E-state index contributed by atoms with van der Waals surface area (Å²) in [5, 5.41) is 0. The molecule has 4 nitrogen and oxygen atoms in total. The highest BCUT2D eigenvalue weighted by Crippen LogP contribution is 2.60. The van der Waals surface area contributed by atoms with Crippen LogP contribution in [0.25, 0.3) is 11.1 Å². The van der Waals surface area contributed by atoms with Crippen molar-refractivity contribution in [3.8, 4) is 11.1 Å². The highest BCUT2D eigenvalue weighted by atomic mass is 16.5. The summed E-state index contributed by atoms with van der Waals surface area (Å²) in [4.78, 5) is 24.6. The second-order valence-corrected chi connectivity index (χ2v) is 17.2. The normalized spacial score (nSPS) is 33.5. The van der Waals surface area contributed by atoms with Gasteiger partial charge in [-0.05, 0) is 137 Å². The summed E-state index contributed by atoms with van der Waals surface area (Å²) in [6, 6.07) is 10.3. The first kappa shape index (κ1) is 33.3. The molecule has 2 saturated carbocycles. The van der Waals surface area contributed by atoms with Gasteiger partial charge in [-0.3, -0.25) is 9.59 Å². The van der Waals surface area contributed by atoms with Gasteiger partial charge in [-0.25, -0.2) is 0 Å². The predicted molar refractivity (Wildman–Crippen MR) is 186 cm³/mol. The molecule has 0 saturated heterocycles. The minimum absolute atomic E-state index is 0.00568. The molecule has 6 rings (SSSR count). The highest BCUT2D eigenvalue weighted by molar-refractivity contribution is 5.79. The molecule has 0 aliphatic heterocycles. The second kappa shape index (κ2) is 11.8. The van der Waals surface area contributed by atoms with Gasteiger partial charge in [0, 0.05) is 5.41 Å². The van der Waals surface area contributed by atoms with Crippen LogP contribution in [0.1, 0.15) is 152 Å². The molecule has 2 fully saturated rings. The van der Waals surface area contributed by atoms with Gasteiger partial charge in [0.1, 0.15) is 0 Å². The fraction of sp³-hybridized carbons (Fsp3) is 0.667. The molecule has 4 aliphatic rings. The maximum absolute atomic E-state index is 13.3. The average Bonchev–Trinajstić information content (AvgIpc) is 3.02. The molecule has 0 heterocycles. The number of aryl methyl sites for hydroxylation is 2. The van der Waals surface area contributed by atoms with Crippen LogP contribution in [0.4, 0.5) is 0 Å². The molecular weight excluding hydrogens is 568 g/mol. The van der Waals surface area contributed by atoms with E-state index in [2.05, 4.69) is 79.7 Å². The van der Waals surface area contributed by atoms with Crippen molar-refractivity contribution in [2.45, 2.75) is 142 Å². The lowest BCUT2D eigenvalue weighted by molar-refractivity contribution is -0.161. The molecule has 4 aliphatic carbocycles. The third-order valence-corrected chi connectivity index (χ3v) is 13.8. The highest BCUT2D eigenvalue weighted by Gasteiger charge is 2.56. The molecule has 6 atom stereocenters. The van der Waals surface area contributed by atoms with Crippen LogP contribution < -0.4 is 0 Å². The van der Waals surface area contributed by atoms with Crippen molar-refractivity contribution in [2.24, 2.45) is 22.7 Å². The van der Waals surface area contributed by atoms with Crippen molar-refractivity contribution in [2.75, 3.05) is 13.7 Å². The number of carbonyl (C=O) groups excluding carboxylic acids is 2. The first-order valence-electron chi connectivity index (χ1n) is 18.2.